The first-order chi connectivity index (χ1) is 10.6. The second-order valence-corrected chi connectivity index (χ2v) is 6.64. The highest BCUT2D eigenvalue weighted by Gasteiger charge is 2.13. The van der Waals surface area contributed by atoms with Crippen LogP contribution < -0.4 is 19.5 Å². The van der Waals surface area contributed by atoms with E-state index in [0.717, 1.165) is 5.69 Å². The van der Waals surface area contributed by atoms with E-state index >= 15 is 0 Å². The molecule has 2 N–H and O–H groups in total. The van der Waals surface area contributed by atoms with Crippen molar-refractivity contribution in [1.29, 1.82) is 0 Å². The third-order valence-corrected chi connectivity index (χ3v) is 4.37. The molecule has 7 nitrogen and oxygen atoms in total. The van der Waals surface area contributed by atoms with Gasteiger partial charge in [0.25, 0.3) is 0 Å². The van der Waals surface area contributed by atoms with Crippen molar-refractivity contribution >= 4 is 27.2 Å². The highest BCUT2D eigenvalue weighted by atomic mass is 32.2. The van der Waals surface area contributed by atoms with Crippen LogP contribution in [-0.4, -0.2) is 25.9 Å². The van der Waals surface area contributed by atoms with E-state index in [1.165, 1.54) is 6.20 Å². The number of pyridine rings is 1. The molecule has 22 heavy (non-hydrogen) atoms. The Morgan fingerprint density at radius 3 is 2.64 bits per heavy atom. The van der Waals surface area contributed by atoms with E-state index in [1.807, 2.05) is 18.2 Å². The van der Waals surface area contributed by atoms with Crippen molar-refractivity contribution in [2.45, 2.75) is 6.92 Å². The second kappa shape index (κ2) is 5.72. The summed E-state index contributed by atoms with van der Waals surface area (Å²) in [6, 6.07) is 8.82. The van der Waals surface area contributed by atoms with Gasteiger partial charge in [0.1, 0.15) is 5.82 Å². The van der Waals surface area contributed by atoms with Gasteiger partial charge in [-0.25, -0.2) is 13.4 Å². The van der Waals surface area contributed by atoms with Gasteiger partial charge in [0, 0.05) is 11.8 Å². The summed E-state index contributed by atoms with van der Waals surface area (Å²) in [4.78, 5) is 4.18. The van der Waals surface area contributed by atoms with Crippen LogP contribution in [0.1, 0.15) is 6.92 Å². The van der Waals surface area contributed by atoms with E-state index in [2.05, 4.69) is 15.0 Å². The highest BCUT2D eigenvalue weighted by molar-refractivity contribution is 7.92. The van der Waals surface area contributed by atoms with Gasteiger partial charge in [0.2, 0.25) is 16.8 Å². The van der Waals surface area contributed by atoms with Crippen molar-refractivity contribution in [3.8, 4) is 11.5 Å². The third kappa shape index (κ3) is 3.22. The fourth-order valence-electron chi connectivity index (χ4n) is 1.90. The molecule has 2 heterocycles. The van der Waals surface area contributed by atoms with E-state index < -0.39 is 10.0 Å². The van der Waals surface area contributed by atoms with Gasteiger partial charge in [-0.05, 0) is 31.2 Å². The van der Waals surface area contributed by atoms with E-state index in [9.17, 15) is 8.42 Å². The molecule has 2 aromatic rings. The molecule has 0 radical (unpaired) electrons. The second-order valence-electron chi connectivity index (χ2n) is 4.63. The smallest absolute Gasteiger partial charge is 0.232 e. The zero-order valence-electron chi connectivity index (χ0n) is 11.9. The van der Waals surface area contributed by atoms with Crippen molar-refractivity contribution in [1.82, 2.24) is 4.98 Å². The molecule has 1 aliphatic rings. The largest absolute Gasteiger partial charge is 0.454 e. The number of hydrogen-bond donors (Lipinski definition) is 2. The van der Waals surface area contributed by atoms with Crippen molar-refractivity contribution in [3.63, 3.8) is 0 Å². The molecule has 0 aliphatic carbocycles. The Balaban J connectivity index is 1.71. The summed E-state index contributed by atoms with van der Waals surface area (Å²) in [5.74, 6) is 2.00. The van der Waals surface area contributed by atoms with Crippen molar-refractivity contribution < 1.29 is 17.9 Å². The van der Waals surface area contributed by atoms with Crippen molar-refractivity contribution in [2.75, 3.05) is 22.6 Å². The van der Waals surface area contributed by atoms with Crippen molar-refractivity contribution in [2.24, 2.45) is 0 Å². The molecule has 0 fully saturated rings. The lowest BCUT2D eigenvalue weighted by Gasteiger charge is -2.08. The lowest BCUT2D eigenvalue weighted by Crippen LogP contribution is -2.14. The van der Waals surface area contributed by atoms with Crippen molar-refractivity contribution in [3.05, 3.63) is 36.5 Å². The maximum Gasteiger partial charge on any atom is 0.232 e. The average molecular weight is 321 g/mol. The van der Waals surface area contributed by atoms with Crippen LogP contribution in [0.3, 0.4) is 0 Å². The topological polar surface area (TPSA) is 89.6 Å². The summed E-state index contributed by atoms with van der Waals surface area (Å²) in [5, 5.41) is 3.11. The molecule has 0 saturated heterocycles. The van der Waals surface area contributed by atoms with Crippen LogP contribution in [0.25, 0.3) is 0 Å². The summed E-state index contributed by atoms with van der Waals surface area (Å²) in [6.07, 6.45) is 1.46. The van der Waals surface area contributed by atoms with Gasteiger partial charge < -0.3 is 14.8 Å². The zero-order chi connectivity index (χ0) is 15.6. The SMILES string of the molecule is CCS(=O)(=O)Nc1ccc(Nc2ccc3c(c2)OCO3)nc1. The number of sulfonamides is 1. The lowest BCUT2D eigenvalue weighted by atomic mass is 10.2. The molecule has 3 rings (SSSR count). The molecular formula is C14H15N3O4S. The van der Waals surface area contributed by atoms with Gasteiger partial charge in [-0.2, -0.15) is 0 Å². The number of fused-ring (bicyclic) bond motifs is 1. The number of anilines is 3. The molecular weight excluding hydrogens is 306 g/mol. The highest BCUT2D eigenvalue weighted by Crippen LogP contribution is 2.34. The van der Waals surface area contributed by atoms with Crippen LogP contribution in [0.5, 0.6) is 11.5 Å². The first-order valence-corrected chi connectivity index (χ1v) is 8.34. The molecule has 1 aromatic heterocycles. The maximum absolute atomic E-state index is 11.5. The van der Waals surface area contributed by atoms with Crippen LogP contribution in [0.15, 0.2) is 36.5 Å². The molecule has 0 amide bonds. The van der Waals surface area contributed by atoms with Crippen LogP contribution in [0, 0.1) is 0 Å². The average Bonchev–Trinajstić information content (AvgIpc) is 2.97. The van der Waals surface area contributed by atoms with Gasteiger partial charge in [-0.15, -0.1) is 0 Å². The normalized spacial score (nSPS) is 13.0. The molecule has 1 aliphatic heterocycles. The van der Waals surface area contributed by atoms with E-state index in [-0.39, 0.29) is 12.5 Å². The Morgan fingerprint density at radius 2 is 1.91 bits per heavy atom. The maximum atomic E-state index is 11.5. The minimum atomic E-state index is -3.29. The van der Waals surface area contributed by atoms with Crippen LogP contribution in [-0.2, 0) is 10.0 Å². The zero-order valence-corrected chi connectivity index (χ0v) is 12.7. The molecule has 0 atom stereocenters. The molecule has 1 aromatic carbocycles. The number of ether oxygens (including phenoxy) is 2. The van der Waals surface area contributed by atoms with Crippen LogP contribution in [0.4, 0.5) is 17.2 Å². The number of benzene rings is 1. The summed E-state index contributed by atoms with van der Waals surface area (Å²) in [5.41, 5.74) is 1.23. The number of nitrogens with one attached hydrogen (secondary N) is 2. The standard InChI is InChI=1S/C14H15N3O4S/c1-2-22(18,19)17-11-4-6-14(15-8-11)16-10-3-5-12-13(7-10)21-9-20-12/h3-8,17H,2,9H2,1H3,(H,15,16). The monoisotopic (exact) mass is 321 g/mol. The Labute approximate surface area is 128 Å². The van der Waals surface area contributed by atoms with Crippen LogP contribution >= 0.6 is 0 Å². The van der Waals surface area contributed by atoms with Gasteiger partial charge in [0.15, 0.2) is 11.5 Å². The molecule has 0 spiro atoms. The summed E-state index contributed by atoms with van der Waals surface area (Å²) in [7, 11) is -3.29. The van der Waals surface area contributed by atoms with Gasteiger partial charge in [-0.3, -0.25) is 4.72 Å². The predicted octanol–water partition coefficient (Wildman–Crippen LogP) is 2.32. The number of nitrogens with zero attached hydrogens (tertiary/aromatic N) is 1. The van der Waals surface area contributed by atoms with E-state index in [1.54, 1.807) is 19.1 Å². The van der Waals surface area contributed by atoms with Gasteiger partial charge in [0.05, 0.1) is 17.6 Å². The first kappa shape index (κ1) is 14.5. The summed E-state index contributed by atoms with van der Waals surface area (Å²) < 4.78 is 35.9. The van der Waals surface area contributed by atoms with Gasteiger partial charge in [-0.1, -0.05) is 0 Å². The van der Waals surface area contributed by atoms with Gasteiger partial charge >= 0.3 is 0 Å². The minimum absolute atomic E-state index is 0.0181. The Kier molecular flexibility index (Phi) is 3.76. The minimum Gasteiger partial charge on any atom is -0.454 e. The van der Waals surface area contributed by atoms with E-state index in [0.29, 0.717) is 23.0 Å². The quantitative estimate of drug-likeness (QED) is 0.878. The Bertz CT molecular complexity index is 775. The number of hydrogen-bond acceptors (Lipinski definition) is 6. The number of rotatable bonds is 5. The summed E-state index contributed by atoms with van der Waals surface area (Å²) in [6.45, 7) is 1.80. The molecule has 0 bridgehead atoms. The fraction of sp³-hybridized carbons (Fsp3) is 0.214. The molecule has 8 heteroatoms. The van der Waals surface area contributed by atoms with Crippen LogP contribution in [0.2, 0.25) is 0 Å². The Hall–Kier alpha value is -2.48. The first-order valence-electron chi connectivity index (χ1n) is 6.69. The molecule has 116 valence electrons. The third-order valence-electron chi connectivity index (χ3n) is 3.06. The fourth-order valence-corrected chi connectivity index (χ4v) is 2.53. The lowest BCUT2D eigenvalue weighted by molar-refractivity contribution is 0.174. The predicted molar refractivity (Wildman–Crippen MR) is 83.2 cm³/mol. The Morgan fingerprint density at radius 1 is 1.14 bits per heavy atom. The molecule has 0 unspecified atom stereocenters. The molecule has 0 saturated carbocycles. The number of aromatic nitrogens is 1. The van der Waals surface area contributed by atoms with E-state index in [4.69, 9.17) is 9.47 Å². The summed E-state index contributed by atoms with van der Waals surface area (Å²) >= 11 is 0.